The fourth-order valence-corrected chi connectivity index (χ4v) is 2.25. The molecule has 0 saturated heterocycles. The van der Waals surface area contributed by atoms with Gasteiger partial charge in [0, 0.05) is 11.1 Å². The zero-order chi connectivity index (χ0) is 13.8. The van der Waals surface area contributed by atoms with Gasteiger partial charge in [0.25, 0.3) is 0 Å². The molecule has 0 fully saturated rings. The molecule has 1 N–H and O–H groups in total. The second-order valence-electron chi connectivity index (χ2n) is 5.83. The fourth-order valence-electron chi connectivity index (χ4n) is 1.95. The molecule has 1 aromatic carbocycles. The van der Waals surface area contributed by atoms with Gasteiger partial charge in [0.1, 0.15) is 5.75 Å². The molecule has 2 nitrogen and oxygen atoms in total. The van der Waals surface area contributed by atoms with Crippen LogP contribution in [0.2, 0.25) is 5.02 Å². The van der Waals surface area contributed by atoms with E-state index in [4.69, 9.17) is 16.3 Å². The van der Waals surface area contributed by atoms with Gasteiger partial charge in [-0.3, -0.25) is 0 Å². The first-order valence-corrected chi connectivity index (χ1v) is 6.76. The van der Waals surface area contributed by atoms with E-state index in [-0.39, 0.29) is 0 Å². The summed E-state index contributed by atoms with van der Waals surface area (Å²) in [6.07, 6.45) is 2.23. The van der Waals surface area contributed by atoms with Gasteiger partial charge >= 0.3 is 0 Å². The number of methoxy groups -OCH3 is 1. The number of ether oxygens (including phenoxy) is 1. The maximum absolute atomic E-state index is 6.31. The number of nitrogens with one attached hydrogen (secondary N) is 1. The molecule has 0 bridgehead atoms. The standard InChI is InChI=1S/C15H24ClNO/c1-15(2,3)9-8-14(17-4)12-7-6-11(18-5)10-13(12)16/h6-7,10,14,17H,8-9H2,1-5H3. The van der Waals surface area contributed by atoms with Crippen LogP contribution in [0.1, 0.15) is 45.2 Å². The van der Waals surface area contributed by atoms with E-state index < -0.39 is 0 Å². The highest BCUT2D eigenvalue weighted by Gasteiger charge is 2.17. The number of rotatable bonds is 5. The molecular formula is C15H24ClNO. The highest BCUT2D eigenvalue weighted by molar-refractivity contribution is 6.31. The van der Waals surface area contributed by atoms with E-state index >= 15 is 0 Å². The van der Waals surface area contributed by atoms with Gasteiger partial charge in [-0.25, -0.2) is 0 Å². The van der Waals surface area contributed by atoms with Crippen molar-refractivity contribution in [1.29, 1.82) is 0 Å². The van der Waals surface area contributed by atoms with Crippen LogP contribution in [0.15, 0.2) is 18.2 Å². The Balaban J connectivity index is 2.82. The van der Waals surface area contributed by atoms with Crippen LogP contribution >= 0.6 is 11.6 Å². The van der Waals surface area contributed by atoms with Crippen LogP contribution in [0.25, 0.3) is 0 Å². The smallest absolute Gasteiger partial charge is 0.120 e. The SMILES string of the molecule is CNC(CCC(C)(C)C)c1ccc(OC)cc1Cl. The zero-order valence-corrected chi connectivity index (χ0v) is 12.8. The third-order valence-electron chi connectivity index (χ3n) is 3.11. The van der Waals surface area contributed by atoms with Crippen LogP contribution in [-0.2, 0) is 0 Å². The van der Waals surface area contributed by atoms with E-state index in [1.54, 1.807) is 7.11 Å². The maximum atomic E-state index is 6.31. The molecule has 0 radical (unpaired) electrons. The molecule has 1 aromatic rings. The van der Waals surface area contributed by atoms with E-state index in [0.717, 1.165) is 29.2 Å². The lowest BCUT2D eigenvalue weighted by Crippen LogP contribution is -2.19. The van der Waals surface area contributed by atoms with Crippen LogP contribution in [0, 0.1) is 5.41 Å². The molecule has 0 heterocycles. The number of benzene rings is 1. The van der Waals surface area contributed by atoms with Crippen LogP contribution < -0.4 is 10.1 Å². The second-order valence-corrected chi connectivity index (χ2v) is 6.24. The monoisotopic (exact) mass is 269 g/mol. The summed E-state index contributed by atoms with van der Waals surface area (Å²) >= 11 is 6.31. The van der Waals surface area contributed by atoms with Crippen molar-refractivity contribution in [3.63, 3.8) is 0 Å². The van der Waals surface area contributed by atoms with Crippen molar-refractivity contribution >= 4 is 11.6 Å². The summed E-state index contributed by atoms with van der Waals surface area (Å²) in [6, 6.07) is 6.18. The van der Waals surface area contributed by atoms with E-state index in [2.05, 4.69) is 26.1 Å². The average Bonchev–Trinajstić information content (AvgIpc) is 2.30. The molecule has 0 aromatic heterocycles. The van der Waals surface area contributed by atoms with Crippen molar-refractivity contribution in [3.8, 4) is 5.75 Å². The van der Waals surface area contributed by atoms with Crippen molar-refractivity contribution in [2.45, 2.75) is 39.7 Å². The van der Waals surface area contributed by atoms with Gasteiger partial charge in [-0.1, -0.05) is 38.4 Å². The predicted octanol–water partition coefficient (Wildman–Crippen LogP) is 4.44. The normalized spacial score (nSPS) is 13.4. The van der Waals surface area contributed by atoms with E-state index in [1.165, 1.54) is 0 Å². The van der Waals surface area contributed by atoms with Crippen molar-refractivity contribution in [2.75, 3.05) is 14.2 Å². The number of hydrogen-bond acceptors (Lipinski definition) is 2. The molecule has 3 heteroatoms. The summed E-state index contributed by atoms with van der Waals surface area (Å²) in [5.74, 6) is 0.800. The number of halogens is 1. The fraction of sp³-hybridized carbons (Fsp3) is 0.600. The molecule has 102 valence electrons. The van der Waals surface area contributed by atoms with Gasteiger partial charge < -0.3 is 10.1 Å². The van der Waals surface area contributed by atoms with Gasteiger partial charge in [-0.05, 0) is 43.0 Å². The molecular weight excluding hydrogens is 246 g/mol. The Morgan fingerprint density at radius 3 is 2.44 bits per heavy atom. The molecule has 0 aliphatic carbocycles. The summed E-state index contributed by atoms with van der Waals surface area (Å²) in [7, 11) is 3.63. The molecule has 18 heavy (non-hydrogen) atoms. The summed E-state index contributed by atoms with van der Waals surface area (Å²) in [6.45, 7) is 6.78. The summed E-state index contributed by atoms with van der Waals surface area (Å²) in [5, 5.41) is 4.11. The minimum Gasteiger partial charge on any atom is -0.497 e. The third kappa shape index (κ3) is 4.51. The molecule has 0 aliphatic rings. The summed E-state index contributed by atoms with van der Waals surface area (Å²) in [4.78, 5) is 0. The lowest BCUT2D eigenvalue weighted by atomic mass is 9.87. The first kappa shape index (κ1) is 15.3. The molecule has 0 aliphatic heterocycles. The average molecular weight is 270 g/mol. The Morgan fingerprint density at radius 1 is 1.33 bits per heavy atom. The minimum absolute atomic E-state index is 0.294. The van der Waals surface area contributed by atoms with Crippen molar-refractivity contribution in [1.82, 2.24) is 5.32 Å². The minimum atomic E-state index is 0.294. The molecule has 0 saturated carbocycles. The van der Waals surface area contributed by atoms with Crippen LogP contribution in [0.5, 0.6) is 5.75 Å². The Morgan fingerprint density at radius 2 is 2.00 bits per heavy atom. The van der Waals surface area contributed by atoms with Crippen LogP contribution in [0.4, 0.5) is 0 Å². The molecule has 1 rings (SSSR count). The Bertz CT molecular complexity index is 385. The highest BCUT2D eigenvalue weighted by Crippen LogP contribution is 2.32. The Kier molecular flexibility index (Phi) is 5.48. The summed E-state index contributed by atoms with van der Waals surface area (Å²) < 4.78 is 5.17. The van der Waals surface area contributed by atoms with Crippen molar-refractivity contribution < 1.29 is 4.74 Å². The van der Waals surface area contributed by atoms with Crippen molar-refractivity contribution in [2.24, 2.45) is 5.41 Å². The lowest BCUT2D eigenvalue weighted by molar-refractivity contribution is 0.338. The maximum Gasteiger partial charge on any atom is 0.120 e. The quantitative estimate of drug-likeness (QED) is 0.854. The highest BCUT2D eigenvalue weighted by atomic mass is 35.5. The Hall–Kier alpha value is -0.730. The topological polar surface area (TPSA) is 21.3 Å². The van der Waals surface area contributed by atoms with Gasteiger partial charge in [-0.2, -0.15) is 0 Å². The largest absolute Gasteiger partial charge is 0.497 e. The molecule has 0 amide bonds. The Labute approximate surface area is 116 Å². The lowest BCUT2D eigenvalue weighted by Gasteiger charge is -2.24. The van der Waals surface area contributed by atoms with Crippen LogP contribution in [0.3, 0.4) is 0 Å². The molecule has 1 atom stereocenters. The zero-order valence-electron chi connectivity index (χ0n) is 12.0. The first-order chi connectivity index (χ1) is 8.37. The van der Waals surface area contributed by atoms with Gasteiger partial charge in [0.05, 0.1) is 7.11 Å². The third-order valence-corrected chi connectivity index (χ3v) is 3.44. The van der Waals surface area contributed by atoms with Crippen LogP contribution in [-0.4, -0.2) is 14.2 Å². The second kappa shape index (κ2) is 6.44. The predicted molar refractivity (Wildman–Crippen MR) is 78.5 cm³/mol. The number of hydrogen-bond donors (Lipinski definition) is 1. The van der Waals surface area contributed by atoms with E-state index in [1.807, 2.05) is 25.2 Å². The van der Waals surface area contributed by atoms with Gasteiger partial charge in [0.2, 0.25) is 0 Å². The van der Waals surface area contributed by atoms with E-state index in [9.17, 15) is 0 Å². The molecule has 1 unspecified atom stereocenters. The van der Waals surface area contributed by atoms with Gasteiger partial charge in [-0.15, -0.1) is 0 Å². The van der Waals surface area contributed by atoms with Gasteiger partial charge in [0.15, 0.2) is 0 Å². The van der Waals surface area contributed by atoms with Crippen molar-refractivity contribution in [3.05, 3.63) is 28.8 Å². The summed E-state index contributed by atoms with van der Waals surface area (Å²) in [5.41, 5.74) is 1.48. The molecule has 0 spiro atoms. The van der Waals surface area contributed by atoms with E-state index in [0.29, 0.717) is 11.5 Å². The first-order valence-electron chi connectivity index (χ1n) is 6.38.